The van der Waals surface area contributed by atoms with Gasteiger partial charge in [-0.3, -0.25) is 9.59 Å². The Morgan fingerprint density at radius 1 is 1.30 bits per heavy atom. The van der Waals surface area contributed by atoms with Crippen LogP contribution in [0.5, 0.6) is 11.5 Å². The average molecular weight is 341 g/mol. The third kappa shape index (κ3) is 4.76. The van der Waals surface area contributed by atoms with Gasteiger partial charge >= 0.3 is 0 Å². The molecule has 1 aromatic rings. The third-order valence-corrected chi connectivity index (χ3v) is 3.62. The molecule has 2 amide bonds. The zero-order valence-electron chi connectivity index (χ0n) is 13.3. The largest absolute Gasteiger partial charge is 0.486 e. The molecule has 7 heteroatoms. The van der Waals surface area contributed by atoms with Crippen LogP contribution >= 0.6 is 11.6 Å². The summed E-state index contributed by atoms with van der Waals surface area (Å²) in [7, 11) is 0. The van der Waals surface area contributed by atoms with E-state index in [1.54, 1.807) is 19.1 Å². The highest BCUT2D eigenvalue weighted by Crippen LogP contribution is 2.38. The van der Waals surface area contributed by atoms with E-state index in [-0.39, 0.29) is 18.2 Å². The van der Waals surface area contributed by atoms with Gasteiger partial charge in [0.1, 0.15) is 19.3 Å². The lowest BCUT2D eigenvalue weighted by Crippen LogP contribution is -2.45. The quantitative estimate of drug-likeness (QED) is 0.826. The maximum atomic E-state index is 12.1. The molecule has 1 aliphatic heterocycles. The molecule has 1 heterocycles. The highest BCUT2D eigenvalue weighted by Gasteiger charge is 2.19. The van der Waals surface area contributed by atoms with Crippen molar-refractivity contribution >= 4 is 23.4 Å². The number of halogens is 1. The predicted octanol–water partition coefficient (Wildman–Crippen LogP) is 1.68. The Hall–Kier alpha value is -1.95. The zero-order valence-corrected chi connectivity index (χ0v) is 14.0. The fraction of sp³-hybridized carbons (Fsp3) is 0.500. The highest BCUT2D eigenvalue weighted by molar-refractivity contribution is 6.32. The average Bonchev–Trinajstić information content (AvgIpc) is 2.52. The van der Waals surface area contributed by atoms with Crippen molar-refractivity contribution < 1.29 is 19.1 Å². The fourth-order valence-corrected chi connectivity index (χ4v) is 2.50. The van der Waals surface area contributed by atoms with Crippen LogP contribution in [-0.2, 0) is 16.0 Å². The highest BCUT2D eigenvalue weighted by atomic mass is 35.5. The summed E-state index contributed by atoms with van der Waals surface area (Å²) >= 11 is 6.14. The Morgan fingerprint density at radius 3 is 2.78 bits per heavy atom. The molecular formula is C16H21ClN2O4. The van der Waals surface area contributed by atoms with Crippen LogP contribution in [0.2, 0.25) is 5.02 Å². The normalized spacial score (nSPS) is 14.0. The molecule has 1 aliphatic rings. The number of fused-ring (bicyclic) bond motifs is 1. The van der Waals surface area contributed by atoms with E-state index in [1.807, 2.05) is 6.92 Å². The molecule has 0 spiro atoms. The van der Waals surface area contributed by atoms with E-state index >= 15 is 0 Å². The van der Waals surface area contributed by atoms with Gasteiger partial charge < -0.3 is 20.1 Å². The lowest BCUT2D eigenvalue weighted by atomic mass is 10.1. The summed E-state index contributed by atoms with van der Waals surface area (Å²) in [5.41, 5.74) is 0.706. The van der Waals surface area contributed by atoms with Crippen LogP contribution in [0.15, 0.2) is 12.1 Å². The standard InChI is InChI=1S/C16H21ClN2O4/c1-3-4-18-16(21)10(2)19-14(20)9-11-7-12(17)15-13(8-11)22-5-6-23-15/h7-8,10H,3-6,9H2,1-2H3,(H,18,21)(H,19,20)/t10-/m0/s1. The summed E-state index contributed by atoms with van der Waals surface area (Å²) in [5, 5.41) is 5.83. The number of ether oxygens (including phenoxy) is 2. The van der Waals surface area contributed by atoms with Gasteiger partial charge in [-0.15, -0.1) is 0 Å². The summed E-state index contributed by atoms with van der Waals surface area (Å²) in [6.45, 7) is 5.12. The lowest BCUT2D eigenvalue weighted by molar-refractivity contribution is -0.128. The number of nitrogens with one attached hydrogen (secondary N) is 2. The summed E-state index contributed by atoms with van der Waals surface area (Å²) in [6.07, 6.45) is 0.962. The van der Waals surface area contributed by atoms with Gasteiger partial charge in [0.25, 0.3) is 0 Å². The molecule has 0 unspecified atom stereocenters. The summed E-state index contributed by atoms with van der Waals surface area (Å²) < 4.78 is 10.9. The van der Waals surface area contributed by atoms with Crippen molar-refractivity contribution in [3.8, 4) is 11.5 Å². The van der Waals surface area contributed by atoms with E-state index in [1.165, 1.54) is 0 Å². The van der Waals surface area contributed by atoms with Crippen molar-refractivity contribution in [3.63, 3.8) is 0 Å². The lowest BCUT2D eigenvalue weighted by Gasteiger charge is -2.20. The van der Waals surface area contributed by atoms with Crippen LogP contribution in [0, 0.1) is 0 Å². The van der Waals surface area contributed by atoms with Crippen molar-refractivity contribution in [2.75, 3.05) is 19.8 Å². The minimum absolute atomic E-state index is 0.113. The first-order chi connectivity index (χ1) is 11.0. The smallest absolute Gasteiger partial charge is 0.242 e. The molecule has 0 saturated heterocycles. The van der Waals surface area contributed by atoms with Crippen molar-refractivity contribution in [1.29, 1.82) is 0 Å². The SMILES string of the molecule is CCCNC(=O)[C@H](C)NC(=O)Cc1cc(Cl)c2c(c1)OCCO2. The van der Waals surface area contributed by atoms with E-state index in [0.717, 1.165) is 6.42 Å². The second-order valence-corrected chi connectivity index (χ2v) is 5.77. The molecule has 2 rings (SSSR count). The second kappa shape index (κ2) is 8.06. The molecule has 0 radical (unpaired) electrons. The molecule has 0 saturated carbocycles. The predicted molar refractivity (Wildman–Crippen MR) is 87.1 cm³/mol. The molecule has 6 nitrogen and oxygen atoms in total. The van der Waals surface area contributed by atoms with Crippen molar-refractivity contribution in [2.45, 2.75) is 32.7 Å². The van der Waals surface area contributed by atoms with Gasteiger partial charge in [0.05, 0.1) is 11.4 Å². The Balaban J connectivity index is 1.95. The number of carbonyl (C=O) groups excluding carboxylic acids is 2. The number of hydrogen-bond donors (Lipinski definition) is 2. The van der Waals surface area contributed by atoms with Gasteiger partial charge in [0, 0.05) is 6.54 Å². The Bertz CT molecular complexity index is 592. The van der Waals surface area contributed by atoms with Crippen LogP contribution in [0.25, 0.3) is 0 Å². The Kier molecular flexibility index (Phi) is 6.10. The van der Waals surface area contributed by atoms with Crippen molar-refractivity contribution in [2.24, 2.45) is 0 Å². The molecule has 0 bridgehead atoms. The first kappa shape index (κ1) is 17.4. The second-order valence-electron chi connectivity index (χ2n) is 5.36. The van der Waals surface area contributed by atoms with Crippen LogP contribution in [-0.4, -0.2) is 37.6 Å². The number of rotatable bonds is 6. The minimum Gasteiger partial charge on any atom is -0.486 e. The maximum absolute atomic E-state index is 12.1. The molecule has 23 heavy (non-hydrogen) atoms. The number of amides is 2. The molecular weight excluding hydrogens is 320 g/mol. The molecule has 1 aromatic carbocycles. The molecule has 126 valence electrons. The van der Waals surface area contributed by atoms with E-state index < -0.39 is 6.04 Å². The minimum atomic E-state index is -0.582. The fourth-order valence-electron chi connectivity index (χ4n) is 2.21. The Labute approximate surface area is 140 Å². The molecule has 0 aromatic heterocycles. The van der Waals surface area contributed by atoms with E-state index in [4.69, 9.17) is 21.1 Å². The number of benzene rings is 1. The molecule has 0 aliphatic carbocycles. The first-order valence-corrected chi connectivity index (χ1v) is 8.04. The van der Waals surface area contributed by atoms with Gasteiger partial charge in [-0.25, -0.2) is 0 Å². The maximum Gasteiger partial charge on any atom is 0.242 e. The zero-order chi connectivity index (χ0) is 16.8. The summed E-state index contributed by atoms with van der Waals surface area (Å²) in [5.74, 6) is 0.604. The van der Waals surface area contributed by atoms with E-state index in [0.29, 0.717) is 41.8 Å². The van der Waals surface area contributed by atoms with Gasteiger partial charge in [0.15, 0.2) is 11.5 Å². The Morgan fingerprint density at radius 2 is 2.04 bits per heavy atom. The van der Waals surface area contributed by atoms with Crippen LogP contribution in [0.4, 0.5) is 0 Å². The van der Waals surface area contributed by atoms with E-state index in [9.17, 15) is 9.59 Å². The topological polar surface area (TPSA) is 76.7 Å². The number of hydrogen-bond acceptors (Lipinski definition) is 4. The van der Waals surface area contributed by atoms with Gasteiger partial charge in [-0.05, 0) is 31.0 Å². The van der Waals surface area contributed by atoms with Crippen LogP contribution in [0.3, 0.4) is 0 Å². The first-order valence-electron chi connectivity index (χ1n) is 7.66. The number of carbonyl (C=O) groups is 2. The van der Waals surface area contributed by atoms with Crippen LogP contribution in [0.1, 0.15) is 25.8 Å². The van der Waals surface area contributed by atoms with Crippen molar-refractivity contribution in [3.05, 3.63) is 22.7 Å². The molecule has 1 atom stereocenters. The van der Waals surface area contributed by atoms with Gasteiger partial charge in [-0.1, -0.05) is 18.5 Å². The van der Waals surface area contributed by atoms with Gasteiger partial charge in [0.2, 0.25) is 11.8 Å². The van der Waals surface area contributed by atoms with Crippen molar-refractivity contribution in [1.82, 2.24) is 10.6 Å². The molecule has 2 N–H and O–H groups in total. The monoisotopic (exact) mass is 340 g/mol. The molecule has 0 fully saturated rings. The third-order valence-electron chi connectivity index (χ3n) is 3.34. The van der Waals surface area contributed by atoms with Crippen LogP contribution < -0.4 is 20.1 Å². The summed E-state index contributed by atoms with van der Waals surface area (Å²) in [4.78, 5) is 23.8. The van der Waals surface area contributed by atoms with E-state index in [2.05, 4.69) is 10.6 Å². The van der Waals surface area contributed by atoms with Gasteiger partial charge in [-0.2, -0.15) is 0 Å². The summed E-state index contributed by atoms with van der Waals surface area (Å²) in [6, 6.07) is 2.83.